The number of hydrogen-bond acceptors (Lipinski definition) is 3. The molecule has 0 saturated carbocycles. The maximum atomic E-state index is 12.4. The summed E-state index contributed by atoms with van der Waals surface area (Å²) in [4.78, 5) is 12.4. The average molecular weight is 296 g/mol. The highest BCUT2D eigenvalue weighted by Gasteiger charge is 2.38. The number of carbonyl (C=O) groups is 1. The molecule has 0 radical (unpaired) electrons. The molecule has 0 fully saturated rings. The molecular formula is C14H20N2O3S. The number of hydrogen-bond donors (Lipinski definition) is 1. The summed E-state index contributed by atoms with van der Waals surface area (Å²) in [6.45, 7) is 4.08. The summed E-state index contributed by atoms with van der Waals surface area (Å²) in [6.07, 6.45) is 1.89. The van der Waals surface area contributed by atoms with Gasteiger partial charge in [-0.15, -0.1) is 0 Å². The lowest BCUT2D eigenvalue weighted by Gasteiger charge is -2.30. The molecule has 1 heterocycles. The Morgan fingerprint density at radius 1 is 1.40 bits per heavy atom. The van der Waals surface area contributed by atoms with E-state index in [1.54, 1.807) is 6.07 Å². The van der Waals surface area contributed by atoms with E-state index in [9.17, 15) is 13.2 Å². The predicted octanol–water partition coefficient (Wildman–Crippen LogP) is 1.81. The molecule has 1 aliphatic rings. The molecule has 1 amide bonds. The first kappa shape index (κ1) is 15.0. The average Bonchev–Trinajstić information content (AvgIpc) is 2.53. The zero-order chi connectivity index (χ0) is 14.9. The van der Waals surface area contributed by atoms with Gasteiger partial charge in [-0.25, -0.2) is 8.42 Å². The largest absolute Gasteiger partial charge is 0.324 e. The first-order valence-electron chi connectivity index (χ1n) is 6.70. The summed E-state index contributed by atoms with van der Waals surface area (Å²) in [5.41, 5.74) is 1.51. The van der Waals surface area contributed by atoms with Crippen LogP contribution < -0.4 is 5.32 Å². The van der Waals surface area contributed by atoms with Crippen LogP contribution in [0.4, 0.5) is 5.69 Å². The fourth-order valence-corrected chi connectivity index (χ4v) is 3.56. The van der Waals surface area contributed by atoms with E-state index in [1.807, 2.05) is 32.0 Å². The first-order valence-corrected chi connectivity index (χ1v) is 8.55. The predicted molar refractivity (Wildman–Crippen MR) is 78.7 cm³/mol. The summed E-state index contributed by atoms with van der Waals surface area (Å²) in [5.74, 6) is -0.297. The summed E-state index contributed by atoms with van der Waals surface area (Å²) >= 11 is 0. The van der Waals surface area contributed by atoms with Crippen molar-refractivity contribution in [1.29, 1.82) is 0 Å². The van der Waals surface area contributed by atoms with Crippen molar-refractivity contribution >= 4 is 21.6 Å². The number of para-hydroxylation sites is 1. The molecule has 2 rings (SSSR count). The van der Waals surface area contributed by atoms with Gasteiger partial charge in [0.05, 0.1) is 6.26 Å². The van der Waals surface area contributed by atoms with E-state index >= 15 is 0 Å². The van der Waals surface area contributed by atoms with Crippen molar-refractivity contribution in [1.82, 2.24) is 4.31 Å². The van der Waals surface area contributed by atoms with Crippen molar-refractivity contribution in [3.8, 4) is 0 Å². The first-order chi connectivity index (χ1) is 9.34. The summed E-state index contributed by atoms with van der Waals surface area (Å²) < 4.78 is 25.5. The fourth-order valence-electron chi connectivity index (χ4n) is 2.47. The van der Waals surface area contributed by atoms with Crippen molar-refractivity contribution in [2.45, 2.75) is 32.9 Å². The van der Waals surface area contributed by atoms with Crippen LogP contribution in [0.25, 0.3) is 0 Å². The van der Waals surface area contributed by atoms with Gasteiger partial charge in [0, 0.05) is 12.2 Å². The number of fused-ring (bicyclic) bond motifs is 1. The summed E-state index contributed by atoms with van der Waals surface area (Å²) in [7, 11) is -3.46. The van der Waals surface area contributed by atoms with Crippen LogP contribution in [0.15, 0.2) is 24.3 Å². The Morgan fingerprint density at radius 3 is 2.65 bits per heavy atom. The van der Waals surface area contributed by atoms with Crippen LogP contribution in [0.5, 0.6) is 0 Å². The Hall–Kier alpha value is -1.40. The third kappa shape index (κ3) is 2.86. The second-order valence-corrected chi connectivity index (χ2v) is 7.22. The quantitative estimate of drug-likeness (QED) is 0.925. The minimum atomic E-state index is -3.46. The van der Waals surface area contributed by atoms with Gasteiger partial charge in [-0.2, -0.15) is 4.31 Å². The van der Waals surface area contributed by atoms with Crippen LogP contribution >= 0.6 is 0 Å². The van der Waals surface area contributed by atoms with E-state index in [2.05, 4.69) is 5.32 Å². The van der Waals surface area contributed by atoms with Gasteiger partial charge in [0.25, 0.3) is 0 Å². The van der Waals surface area contributed by atoms with Crippen LogP contribution in [0, 0.1) is 5.92 Å². The number of nitrogens with one attached hydrogen (secondary N) is 1. The van der Waals surface area contributed by atoms with E-state index in [0.717, 1.165) is 18.2 Å². The highest BCUT2D eigenvalue weighted by molar-refractivity contribution is 7.88. The third-order valence-electron chi connectivity index (χ3n) is 3.79. The van der Waals surface area contributed by atoms with Crippen molar-refractivity contribution in [2.24, 2.45) is 5.92 Å². The van der Waals surface area contributed by atoms with Crippen LogP contribution in [-0.2, 0) is 21.4 Å². The minimum absolute atomic E-state index is 0.0426. The molecule has 0 bridgehead atoms. The monoisotopic (exact) mass is 296 g/mol. The molecule has 0 spiro atoms. The van der Waals surface area contributed by atoms with Crippen molar-refractivity contribution in [3.05, 3.63) is 29.8 Å². The molecule has 5 nitrogen and oxygen atoms in total. The van der Waals surface area contributed by atoms with E-state index in [-0.39, 0.29) is 18.4 Å². The summed E-state index contributed by atoms with van der Waals surface area (Å²) in [5, 5.41) is 2.84. The Morgan fingerprint density at radius 2 is 2.05 bits per heavy atom. The van der Waals surface area contributed by atoms with Gasteiger partial charge in [0.2, 0.25) is 15.9 Å². The number of anilines is 1. The SMILES string of the molecule is CC[C@H](C)C1C(=O)Nc2ccccc2CN1S(C)(=O)=O. The van der Waals surface area contributed by atoms with Crippen molar-refractivity contribution in [3.63, 3.8) is 0 Å². The number of rotatable bonds is 3. The number of sulfonamides is 1. The van der Waals surface area contributed by atoms with Crippen LogP contribution in [0.1, 0.15) is 25.8 Å². The van der Waals surface area contributed by atoms with Gasteiger partial charge in [-0.3, -0.25) is 4.79 Å². The zero-order valence-corrected chi connectivity index (χ0v) is 12.8. The van der Waals surface area contributed by atoms with Crippen LogP contribution in [-0.4, -0.2) is 30.9 Å². The molecule has 0 aromatic heterocycles. The van der Waals surface area contributed by atoms with Gasteiger partial charge in [0.1, 0.15) is 6.04 Å². The molecular weight excluding hydrogens is 276 g/mol. The molecule has 1 aliphatic heterocycles. The Kier molecular flexibility index (Phi) is 4.15. The lowest BCUT2D eigenvalue weighted by atomic mass is 9.98. The second-order valence-electron chi connectivity index (χ2n) is 5.28. The Bertz CT molecular complexity index is 613. The summed E-state index contributed by atoms with van der Waals surface area (Å²) in [6, 6.07) is 6.64. The van der Waals surface area contributed by atoms with Crippen LogP contribution in [0.3, 0.4) is 0 Å². The van der Waals surface area contributed by atoms with Gasteiger partial charge >= 0.3 is 0 Å². The highest BCUT2D eigenvalue weighted by Crippen LogP contribution is 2.28. The van der Waals surface area contributed by atoms with E-state index < -0.39 is 16.1 Å². The highest BCUT2D eigenvalue weighted by atomic mass is 32.2. The second kappa shape index (κ2) is 5.54. The van der Waals surface area contributed by atoms with E-state index in [4.69, 9.17) is 0 Å². The van der Waals surface area contributed by atoms with Crippen molar-refractivity contribution in [2.75, 3.05) is 11.6 Å². The van der Waals surface area contributed by atoms with Gasteiger partial charge < -0.3 is 5.32 Å². The van der Waals surface area contributed by atoms with Gasteiger partial charge in [0.15, 0.2) is 0 Å². The molecule has 20 heavy (non-hydrogen) atoms. The Labute approximate surface area is 120 Å². The maximum absolute atomic E-state index is 12.4. The molecule has 0 aliphatic carbocycles. The number of amides is 1. The molecule has 1 aromatic rings. The minimum Gasteiger partial charge on any atom is -0.324 e. The number of benzene rings is 1. The molecule has 110 valence electrons. The van der Waals surface area contributed by atoms with Gasteiger partial charge in [-0.05, 0) is 17.5 Å². The lowest BCUT2D eigenvalue weighted by Crippen LogP contribution is -2.48. The topological polar surface area (TPSA) is 66.5 Å². The maximum Gasteiger partial charge on any atom is 0.243 e. The standard InChI is InChI=1S/C14H20N2O3S/c1-4-10(2)13-14(17)15-12-8-6-5-7-11(12)9-16(13)20(3,18)19/h5-8,10,13H,4,9H2,1-3H3,(H,15,17)/t10-,13?/m0/s1. The fraction of sp³-hybridized carbons (Fsp3) is 0.500. The molecule has 2 atom stereocenters. The van der Waals surface area contributed by atoms with Crippen molar-refractivity contribution < 1.29 is 13.2 Å². The Balaban J connectivity index is 2.51. The third-order valence-corrected chi connectivity index (χ3v) is 5.00. The molecule has 1 N–H and O–H groups in total. The van der Waals surface area contributed by atoms with Gasteiger partial charge in [-0.1, -0.05) is 38.5 Å². The van der Waals surface area contributed by atoms with E-state index in [1.165, 1.54) is 4.31 Å². The number of nitrogens with zero attached hydrogens (tertiary/aromatic N) is 1. The normalized spacial score (nSPS) is 21.8. The molecule has 1 aromatic carbocycles. The molecule has 0 saturated heterocycles. The van der Waals surface area contributed by atoms with Crippen LogP contribution in [0.2, 0.25) is 0 Å². The van der Waals surface area contributed by atoms with E-state index in [0.29, 0.717) is 5.69 Å². The zero-order valence-electron chi connectivity index (χ0n) is 12.0. The lowest BCUT2D eigenvalue weighted by molar-refractivity contribution is -0.121. The smallest absolute Gasteiger partial charge is 0.243 e. The molecule has 1 unspecified atom stereocenters. The number of carbonyl (C=O) groups excluding carboxylic acids is 1. The molecule has 6 heteroatoms.